The van der Waals surface area contributed by atoms with Crippen molar-refractivity contribution in [2.45, 2.75) is 38.6 Å². The van der Waals surface area contributed by atoms with Crippen LogP contribution in [-0.2, 0) is 0 Å². The van der Waals surface area contributed by atoms with Crippen LogP contribution in [0.25, 0.3) is 0 Å². The standard InChI is InChI=1S/C12H20N4O/c1-9-6-4-3-5-7-16(9)11-10(13)12(17-2)15-8-14-11/h8-9H,3-7,13H2,1-2H3. The lowest BCUT2D eigenvalue weighted by atomic mass is 10.1. The van der Waals surface area contributed by atoms with Crippen LogP contribution in [0.1, 0.15) is 32.6 Å². The molecule has 1 unspecified atom stereocenters. The van der Waals surface area contributed by atoms with Gasteiger partial charge in [0.2, 0.25) is 5.88 Å². The van der Waals surface area contributed by atoms with Crippen LogP contribution in [0, 0.1) is 0 Å². The Bertz CT molecular complexity index is 383. The Kier molecular flexibility index (Phi) is 3.66. The number of nitrogens with zero attached hydrogens (tertiary/aromatic N) is 3. The number of nitrogen functional groups attached to an aromatic ring is 1. The van der Waals surface area contributed by atoms with Crippen LogP contribution in [0.15, 0.2) is 6.33 Å². The molecule has 0 aliphatic carbocycles. The quantitative estimate of drug-likeness (QED) is 0.848. The highest BCUT2D eigenvalue weighted by atomic mass is 16.5. The third-order valence-corrected chi connectivity index (χ3v) is 3.34. The summed E-state index contributed by atoms with van der Waals surface area (Å²) >= 11 is 0. The van der Waals surface area contributed by atoms with E-state index >= 15 is 0 Å². The fourth-order valence-corrected chi connectivity index (χ4v) is 2.35. The molecule has 1 aromatic rings. The molecule has 1 fully saturated rings. The van der Waals surface area contributed by atoms with Gasteiger partial charge >= 0.3 is 0 Å². The first-order chi connectivity index (χ1) is 8.24. The topological polar surface area (TPSA) is 64.3 Å². The minimum absolute atomic E-state index is 0.464. The van der Waals surface area contributed by atoms with Crippen molar-refractivity contribution in [3.63, 3.8) is 0 Å². The number of rotatable bonds is 2. The molecule has 0 spiro atoms. The molecule has 5 nitrogen and oxygen atoms in total. The second-order valence-electron chi connectivity index (χ2n) is 4.51. The van der Waals surface area contributed by atoms with Crippen molar-refractivity contribution in [3.8, 4) is 5.88 Å². The lowest BCUT2D eigenvalue weighted by molar-refractivity contribution is 0.399. The van der Waals surface area contributed by atoms with Crippen LogP contribution in [0.4, 0.5) is 11.5 Å². The van der Waals surface area contributed by atoms with Gasteiger partial charge in [0.05, 0.1) is 7.11 Å². The monoisotopic (exact) mass is 236 g/mol. The van der Waals surface area contributed by atoms with Crippen LogP contribution in [-0.4, -0.2) is 29.7 Å². The minimum atomic E-state index is 0.464. The number of hydrogen-bond donors (Lipinski definition) is 1. The van der Waals surface area contributed by atoms with E-state index in [1.807, 2.05) is 0 Å². The number of ether oxygens (including phenoxy) is 1. The fraction of sp³-hybridized carbons (Fsp3) is 0.667. The molecule has 0 bridgehead atoms. The Morgan fingerprint density at radius 1 is 1.35 bits per heavy atom. The molecule has 1 aliphatic rings. The van der Waals surface area contributed by atoms with Crippen LogP contribution >= 0.6 is 0 Å². The van der Waals surface area contributed by atoms with Crippen LogP contribution in [0.3, 0.4) is 0 Å². The molecule has 5 heteroatoms. The molecular formula is C12H20N4O. The first-order valence-corrected chi connectivity index (χ1v) is 6.15. The number of anilines is 2. The van der Waals surface area contributed by atoms with Gasteiger partial charge in [0, 0.05) is 12.6 Å². The Labute approximate surface area is 102 Å². The van der Waals surface area contributed by atoms with Gasteiger partial charge in [-0.2, -0.15) is 4.98 Å². The molecule has 0 aromatic carbocycles. The fourth-order valence-electron chi connectivity index (χ4n) is 2.35. The van der Waals surface area contributed by atoms with Gasteiger partial charge in [-0.15, -0.1) is 0 Å². The lowest BCUT2D eigenvalue weighted by Gasteiger charge is -2.29. The normalized spacial score (nSPS) is 21.1. The maximum absolute atomic E-state index is 6.05. The van der Waals surface area contributed by atoms with Crippen LogP contribution in [0.5, 0.6) is 5.88 Å². The van der Waals surface area contributed by atoms with Crippen molar-refractivity contribution >= 4 is 11.5 Å². The van der Waals surface area contributed by atoms with E-state index in [-0.39, 0.29) is 0 Å². The Balaban J connectivity index is 2.31. The minimum Gasteiger partial charge on any atom is -0.479 e. The SMILES string of the molecule is COc1ncnc(N2CCCCCC2C)c1N. The maximum Gasteiger partial charge on any atom is 0.242 e. The Morgan fingerprint density at radius 3 is 2.94 bits per heavy atom. The van der Waals surface area contributed by atoms with E-state index in [0.717, 1.165) is 12.4 Å². The molecule has 2 rings (SSSR count). The van der Waals surface area contributed by atoms with Crippen molar-refractivity contribution < 1.29 is 4.74 Å². The summed E-state index contributed by atoms with van der Waals surface area (Å²) in [5.74, 6) is 1.28. The Hall–Kier alpha value is -1.52. The van der Waals surface area contributed by atoms with Gasteiger partial charge in [0.1, 0.15) is 12.0 Å². The zero-order valence-electron chi connectivity index (χ0n) is 10.5. The largest absolute Gasteiger partial charge is 0.479 e. The third-order valence-electron chi connectivity index (χ3n) is 3.34. The van der Waals surface area contributed by atoms with E-state index in [4.69, 9.17) is 10.5 Å². The molecule has 1 aliphatic heterocycles. The highest BCUT2D eigenvalue weighted by molar-refractivity contribution is 5.68. The van der Waals surface area contributed by atoms with Crippen molar-refractivity contribution in [2.75, 3.05) is 24.3 Å². The molecule has 1 aromatic heterocycles. The summed E-state index contributed by atoms with van der Waals surface area (Å²) in [6, 6.07) is 0.472. The van der Waals surface area contributed by atoms with Crippen molar-refractivity contribution in [3.05, 3.63) is 6.33 Å². The van der Waals surface area contributed by atoms with Gasteiger partial charge in [-0.1, -0.05) is 12.8 Å². The molecule has 17 heavy (non-hydrogen) atoms. The Morgan fingerprint density at radius 2 is 2.18 bits per heavy atom. The molecular weight excluding hydrogens is 216 g/mol. The molecule has 0 saturated carbocycles. The molecule has 0 radical (unpaired) electrons. The third kappa shape index (κ3) is 2.43. The summed E-state index contributed by atoms with van der Waals surface area (Å²) in [7, 11) is 1.58. The van der Waals surface area contributed by atoms with Gasteiger partial charge < -0.3 is 15.4 Å². The average molecular weight is 236 g/mol. The molecule has 0 amide bonds. The molecule has 2 heterocycles. The number of hydrogen-bond acceptors (Lipinski definition) is 5. The van der Waals surface area contributed by atoms with Gasteiger partial charge in [-0.3, -0.25) is 0 Å². The van der Waals surface area contributed by atoms with E-state index in [0.29, 0.717) is 17.6 Å². The van der Waals surface area contributed by atoms with E-state index < -0.39 is 0 Å². The van der Waals surface area contributed by atoms with Crippen LogP contribution < -0.4 is 15.4 Å². The first-order valence-electron chi connectivity index (χ1n) is 6.15. The van der Waals surface area contributed by atoms with Crippen molar-refractivity contribution in [1.29, 1.82) is 0 Å². The smallest absolute Gasteiger partial charge is 0.242 e. The molecule has 1 saturated heterocycles. The summed E-state index contributed by atoms with van der Waals surface area (Å²) in [6.45, 7) is 3.23. The highest BCUT2D eigenvalue weighted by Gasteiger charge is 2.22. The summed E-state index contributed by atoms with van der Waals surface area (Å²) in [6.07, 6.45) is 6.45. The van der Waals surface area contributed by atoms with Gasteiger partial charge in [-0.05, 0) is 19.8 Å². The predicted octanol–water partition coefficient (Wildman–Crippen LogP) is 1.84. The summed E-state index contributed by atoms with van der Waals surface area (Å²) in [5.41, 5.74) is 6.59. The molecule has 1 atom stereocenters. The van der Waals surface area contributed by atoms with E-state index in [2.05, 4.69) is 21.8 Å². The van der Waals surface area contributed by atoms with Crippen molar-refractivity contribution in [2.24, 2.45) is 0 Å². The predicted molar refractivity (Wildman–Crippen MR) is 68.3 cm³/mol. The summed E-state index contributed by atoms with van der Waals surface area (Å²) < 4.78 is 5.14. The zero-order valence-corrected chi connectivity index (χ0v) is 10.5. The average Bonchev–Trinajstić information content (AvgIpc) is 2.55. The van der Waals surface area contributed by atoms with Gasteiger partial charge in [0.25, 0.3) is 0 Å². The van der Waals surface area contributed by atoms with E-state index in [9.17, 15) is 0 Å². The second-order valence-corrected chi connectivity index (χ2v) is 4.51. The molecule has 2 N–H and O–H groups in total. The lowest BCUT2D eigenvalue weighted by Crippen LogP contribution is -2.33. The number of nitrogens with two attached hydrogens (primary N) is 1. The van der Waals surface area contributed by atoms with E-state index in [1.165, 1.54) is 32.0 Å². The zero-order chi connectivity index (χ0) is 12.3. The van der Waals surface area contributed by atoms with Gasteiger partial charge in [0.15, 0.2) is 5.82 Å². The maximum atomic E-state index is 6.05. The first kappa shape index (κ1) is 12.0. The second kappa shape index (κ2) is 5.21. The van der Waals surface area contributed by atoms with Crippen molar-refractivity contribution in [1.82, 2.24) is 9.97 Å². The molecule has 94 valence electrons. The van der Waals surface area contributed by atoms with E-state index in [1.54, 1.807) is 7.11 Å². The number of aromatic nitrogens is 2. The van der Waals surface area contributed by atoms with Gasteiger partial charge in [-0.25, -0.2) is 4.98 Å². The highest BCUT2D eigenvalue weighted by Crippen LogP contribution is 2.31. The summed E-state index contributed by atoms with van der Waals surface area (Å²) in [4.78, 5) is 10.6. The summed E-state index contributed by atoms with van der Waals surface area (Å²) in [5, 5.41) is 0. The van der Waals surface area contributed by atoms with Crippen LogP contribution in [0.2, 0.25) is 0 Å². The number of methoxy groups -OCH3 is 1.